The molecule has 3 aliphatic rings. The van der Waals surface area contributed by atoms with Crippen molar-refractivity contribution < 1.29 is 9.59 Å². The van der Waals surface area contributed by atoms with Crippen LogP contribution in [0.2, 0.25) is 0 Å². The Morgan fingerprint density at radius 1 is 1.38 bits per heavy atom. The Kier molecular flexibility index (Phi) is 2.80. The van der Waals surface area contributed by atoms with E-state index in [1.165, 1.54) is 12.8 Å². The number of carbonyl (C=O) groups excluding carboxylic acids is 2. The van der Waals surface area contributed by atoms with E-state index in [0.29, 0.717) is 24.7 Å². The van der Waals surface area contributed by atoms with Crippen LogP contribution >= 0.6 is 0 Å². The molecule has 1 aliphatic carbocycles. The molecule has 2 saturated heterocycles. The molecule has 2 N–H and O–H groups in total. The number of nitrogens with one attached hydrogen (secondary N) is 2. The Morgan fingerprint density at radius 3 is 3.00 bits per heavy atom. The molecule has 0 bridgehead atoms. The average Bonchev–Trinajstić information content (AvgIpc) is 3.08. The first-order valence-electron chi connectivity index (χ1n) is 7.81. The van der Waals surface area contributed by atoms with Gasteiger partial charge >= 0.3 is 0 Å². The number of nitrogens with zero attached hydrogens (tertiary/aromatic N) is 2. The van der Waals surface area contributed by atoms with Gasteiger partial charge in [-0.3, -0.25) is 14.7 Å². The molecule has 21 heavy (non-hydrogen) atoms. The van der Waals surface area contributed by atoms with Crippen molar-refractivity contribution in [2.75, 3.05) is 19.6 Å². The molecule has 3 fully saturated rings. The van der Waals surface area contributed by atoms with Crippen LogP contribution in [0.1, 0.15) is 54.2 Å². The van der Waals surface area contributed by atoms with E-state index in [1.54, 1.807) is 4.90 Å². The number of rotatable bonds is 2. The molecule has 0 unspecified atom stereocenters. The summed E-state index contributed by atoms with van der Waals surface area (Å²) in [5, 5.41) is 10.1. The van der Waals surface area contributed by atoms with E-state index in [2.05, 4.69) is 15.5 Å². The van der Waals surface area contributed by atoms with Crippen LogP contribution in [-0.4, -0.2) is 46.5 Å². The lowest BCUT2D eigenvalue weighted by Crippen LogP contribution is -2.47. The van der Waals surface area contributed by atoms with Gasteiger partial charge in [-0.25, -0.2) is 0 Å². The summed E-state index contributed by atoms with van der Waals surface area (Å²) in [7, 11) is 0. The van der Waals surface area contributed by atoms with Gasteiger partial charge in [-0.1, -0.05) is 0 Å². The fourth-order valence-corrected chi connectivity index (χ4v) is 3.58. The van der Waals surface area contributed by atoms with Crippen LogP contribution in [0.3, 0.4) is 0 Å². The van der Waals surface area contributed by atoms with Gasteiger partial charge in [0.25, 0.3) is 5.91 Å². The quantitative estimate of drug-likeness (QED) is 0.853. The molecule has 4 rings (SSSR count). The summed E-state index contributed by atoms with van der Waals surface area (Å²) in [5.74, 6) is 0.631. The average molecular weight is 288 g/mol. The van der Waals surface area contributed by atoms with E-state index < -0.39 is 0 Å². The van der Waals surface area contributed by atoms with Crippen LogP contribution in [0.25, 0.3) is 0 Å². The van der Waals surface area contributed by atoms with Crippen molar-refractivity contribution in [3.8, 4) is 0 Å². The number of carbonyl (C=O) groups is 2. The van der Waals surface area contributed by atoms with Gasteiger partial charge in [0.15, 0.2) is 0 Å². The topological polar surface area (TPSA) is 78.1 Å². The van der Waals surface area contributed by atoms with Crippen LogP contribution in [0.4, 0.5) is 0 Å². The van der Waals surface area contributed by atoms with E-state index in [0.717, 1.165) is 31.5 Å². The monoisotopic (exact) mass is 288 g/mol. The van der Waals surface area contributed by atoms with E-state index in [-0.39, 0.29) is 17.2 Å². The molecule has 1 spiro atoms. The largest absolute Gasteiger partial charge is 0.356 e. The van der Waals surface area contributed by atoms with Gasteiger partial charge in [0, 0.05) is 31.2 Å². The van der Waals surface area contributed by atoms with Crippen molar-refractivity contribution in [2.45, 2.75) is 38.0 Å². The van der Waals surface area contributed by atoms with Crippen molar-refractivity contribution in [1.29, 1.82) is 0 Å². The second kappa shape index (κ2) is 4.58. The molecule has 6 heteroatoms. The zero-order valence-electron chi connectivity index (χ0n) is 12.0. The SMILES string of the molecule is O=C(c1cc(C2CC2)[nH]n1)N1CC[C@]2(CCCNC2=O)C1. The maximum absolute atomic E-state index is 12.5. The highest BCUT2D eigenvalue weighted by molar-refractivity contribution is 5.94. The molecule has 112 valence electrons. The number of hydrogen-bond donors (Lipinski definition) is 2. The highest BCUT2D eigenvalue weighted by Crippen LogP contribution is 2.40. The first-order chi connectivity index (χ1) is 10.2. The van der Waals surface area contributed by atoms with Gasteiger partial charge in [0.2, 0.25) is 5.91 Å². The van der Waals surface area contributed by atoms with Crippen LogP contribution < -0.4 is 5.32 Å². The third kappa shape index (κ3) is 2.13. The van der Waals surface area contributed by atoms with Crippen molar-refractivity contribution in [2.24, 2.45) is 5.41 Å². The van der Waals surface area contributed by atoms with Crippen molar-refractivity contribution in [3.63, 3.8) is 0 Å². The molecule has 6 nitrogen and oxygen atoms in total. The Bertz CT molecular complexity index is 592. The lowest BCUT2D eigenvalue weighted by atomic mass is 9.79. The fraction of sp³-hybridized carbons (Fsp3) is 0.667. The number of aromatic amines is 1. The highest BCUT2D eigenvalue weighted by Gasteiger charge is 2.47. The zero-order chi connectivity index (χ0) is 14.4. The summed E-state index contributed by atoms with van der Waals surface area (Å²) in [6.07, 6.45) is 5.02. The van der Waals surface area contributed by atoms with Gasteiger partial charge in [-0.05, 0) is 38.2 Å². The van der Waals surface area contributed by atoms with Crippen LogP contribution in [-0.2, 0) is 4.79 Å². The normalized spacial score (nSPS) is 29.0. The van der Waals surface area contributed by atoms with Crippen molar-refractivity contribution in [3.05, 3.63) is 17.5 Å². The summed E-state index contributed by atoms with van der Waals surface area (Å²) in [5.41, 5.74) is 1.21. The number of amides is 2. The molecular weight excluding hydrogens is 268 g/mol. The summed E-state index contributed by atoms with van der Waals surface area (Å²) < 4.78 is 0. The maximum Gasteiger partial charge on any atom is 0.274 e. The first kappa shape index (κ1) is 12.9. The predicted octanol–water partition coefficient (Wildman–Crippen LogP) is 1.03. The Morgan fingerprint density at radius 2 is 2.24 bits per heavy atom. The third-order valence-corrected chi connectivity index (χ3v) is 5.07. The van der Waals surface area contributed by atoms with Crippen molar-refractivity contribution >= 4 is 11.8 Å². The molecule has 1 aromatic heterocycles. The number of aromatic nitrogens is 2. The smallest absolute Gasteiger partial charge is 0.274 e. The minimum atomic E-state index is -0.358. The first-order valence-corrected chi connectivity index (χ1v) is 7.81. The lowest BCUT2D eigenvalue weighted by Gasteiger charge is -2.31. The van der Waals surface area contributed by atoms with Gasteiger partial charge in [-0.15, -0.1) is 0 Å². The molecule has 1 aromatic rings. The van der Waals surface area contributed by atoms with Gasteiger partial charge in [0.05, 0.1) is 5.41 Å². The van der Waals surface area contributed by atoms with Gasteiger partial charge in [0.1, 0.15) is 5.69 Å². The van der Waals surface area contributed by atoms with Crippen molar-refractivity contribution in [1.82, 2.24) is 20.4 Å². The molecule has 0 aromatic carbocycles. The highest BCUT2D eigenvalue weighted by atomic mass is 16.2. The number of piperidine rings is 1. The Labute approximate surface area is 123 Å². The van der Waals surface area contributed by atoms with E-state index in [9.17, 15) is 9.59 Å². The molecular formula is C15H20N4O2. The Hall–Kier alpha value is -1.85. The third-order valence-electron chi connectivity index (χ3n) is 5.07. The molecule has 1 atom stereocenters. The summed E-state index contributed by atoms with van der Waals surface area (Å²) in [6, 6.07) is 1.88. The lowest BCUT2D eigenvalue weighted by molar-refractivity contribution is -0.132. The number of likely N-dealkylation sites (tertiary alicyclic amines) is 1. The number of hydrogen-bond acceptors (Lipinski definition) is 3. The summed E-state index contributed by atoms with van der Waals surface area (Å²) in [6.45, 7) is 1.94. The molecule has 0 radical (unpaired) electrons. The summed E-state index contributed by atoms with van der Waals surface area (Å²) in [4.78, 5) is 26.5. The molecule has 2 aliphatic heterocycles. The molecule has 3 heterocycles. The second-order valence-electron chi connectivity index (χ2n) is 6.60. The minimum Gasteiger partial charge on any atom is -0.356 e. The fourth-order valence-electron chi connectivity index (χ4n) is 3.58. The minimum absolute atomic E-state index is 0.0478. The van der Waals surface area contributed by atoms with Gasteiger partial charge in [-0.2, -0.15) is 5.10 Å². The summed E-state index contributed by atoms with van der Waals surface area (Å²) >= 11 is 0. The standard InChI is InChI=1S/C15H20N4O2/c20-13(12-8-11(17-18-12)10-2-3-10)19-7-5-15(9-19)4-1-6-16-14(15)21/h8,10H,1-7,9H2,(H,16,21)(H,17,18)/t15-/m1/s1. The zero-order valence-corrected chi connectivity index (χ0v) is 12.0. The van der Waals surface area contributed by atoms with E-state index in [4.69, 9.17) is 0 Å². The predicted molar refractivity (Wildman–Crippen MR) is 75.8 cm³/mol. The van der Waals surface area contributed by atoms with E-state index in [1.807, 2.05) is 6.07 Å². The Balaban J connectivity index is 1.49. The molecule has 2 amide bonds. The second-order valence-corrected chi connectivity index (χ2v) is 6.60. The maximum atomic E-state index is 12.5. The van der Waals surface area contributed by atoms with Crippen LogP contribution in [0, 0.1) is 5.41 Å². The van der Waals surface area contributed by atoms with Crippen LogP contribution in [0.15, 0.2) is 6.07 Å². The van der Waals surface area contributed by atoms with E-state index >= 15 is 0 Å². The van der Waals surface area contributed by atoms with Gasteiger partial charge < -0.3 is 10.2 Å². The van der Waals surface area contributed by atoms with Crippen LogP contribution in [0.5, 0.6) is 0 Å². The molecule has 1 saturated carbocycles. The number of H-pyrrole nitrogens is 1.